The van der Waals surface area contributed by atoms with Crippen LogP contribution in [0, 0.1) is 0 Å². The van der Waals surface area contributed by atoms with E-state index < -0.39 is 0 Å². The van der Waals surface area contributed by atoms with E-state index in [1.165, 1.54) is 6.42 Å². The van der Waals surface area contributed by atoms with Crippen LogP contribution in [0.3, 0.4) is 0 Å². The maximum absolute atomic E-state index is 12.1. The number of rotatable bonds is 9. The van der Waals surface area contributed by atoms with Crippen LogP contribution in [0.4, 0.5) is 16.2 Å². The Labute approximate surface area is 226 Å². The molecule has 0 atom stereocenters. The molecule has 204 valence electrons. The van der Waals surface area contributed by atoms with Gasteiger partial charge in [0, 0.05) is 67.5 Å². The second kappa shape index (κ2) is 11.7. The lowest BCUT2D eigenvalue weighted by molar-refractivity contribution is 0.145. The summed E-state index contributed by atoms with van der Waals surface area (Å²) in [5, 5.41) is 6.82. The number of nitrogens with two attached hydrogens (primary N) is 1. The van der Waals surface area contributed by atoms with Gasteiger partial charge in [-0.25, -0.2) is 4.79 Å². The number of carbonyl (C=O) groups excluding carboxylic acids is 1. The number of anilines is 2. The average molecular weight is 519 g/mol. The van der Waals surface area contributed by atoms with Gasteiger partial charge in [-0.05, 0) is 70.8 Å². The lowest BCUT2D eigenvalue weighted by atomic mass is 9.92. The molecule has 0 unspecified atom stereocenters. The van der Waals surface area contributed by atoms with Crippen LogP contribution in [0.25, 0.3) is 22.2 Å². The van der Waals surface area contributed by atoms with Crippen molar-refractivity contribution < 1.29 is 9.53 Å². The molecule has 1 aliphatic heterocycles. The van der Waals surface area contributed by atoms with Gasteiger partial charge in [0.1, 0.15) is 5.75 Å². The van der Waals surface area contributed by atoms with Crippen molar-refractivity contribution in [1.82, 2.24) is 19.7 Å². The Morgan fingerprint density at radius 1 is 1.08 bits per heavy atom. The molecular formula is C30H42N6O2. The Morgan fingerprint density at radius 2 is 1.82 bits per heavy atom. The fraction of sp³-hybridized carbons (Fsp3) is 0.500. The number of hydrogen-bond donors (Lipinski definition) is 3. The van der Waals surface area contributed by atoms with Crippen molar-refractivity contribution in [3.05, 3.63) is 42.5 Å². The van der Waals surface area contributed by atoms with Gasteiger partial charge >= 0.3 is 6.03 Å². The molecule has 4 N–H and O–H groups in total. The highest BCUT2D eigenvalue weighted by molar-refractivity contribution is 6.02. The lowest BCUT2D eigenvalue weighted by Gasteiger charge is -2.32. The van der Waals surface area contributed by atoms with Crippen molar-refractivity contribution in [1.29, 1.82) is 0 Å². The van der Waals surface area contributed by atoms with E-state index in [9.17, 15) is 4.79 Å². The zero-order valence-electron chi connectivity index (χ0n) is 23.0. The van der Waals surface area contributed by atoms with Gasteiger partial charge < -0.3 is 35.5 Å². The summed E-state index contributed by atoms with van der Waals surface area (Å²) in [5.74, 6) is 0.899. The number of piperazine rings is 1. The first-order valence-electron chi connectivity index (χ1n) is 14.0. The van der Waals surface area contributed by atoms with Gasteiger partial charge in [0.15, 0.2) is 0 Å². The van der Waals surface area contributed by atoms with E-state index in [4.69, 9.17) is 10.5 Å². The van der Waals surface area contributed by atoms with E-state index in [-0.39, 0.29) is 12.1 Å². The molecule has 0 radical (unpaired) electrons. The van der Waals surface area contributed by atoms with E-state index in [0.717, 1.165) is 91.3 Å². The van der Waals surface area contributed by atoms with Crippen LogP contribution in [0.1, 0.15) is 45.6 Å². The molecular weight excluding hydrogens is 476 g/mol. The summed E-state index contributed by atoms with van der Waals surface area (Å²) < 4.78 is 8.63. The normalized spacial score (nSPS) is 17.1. The molecule has 2 fully saturated rings. The first-order valence-corrected chi connectivity index (χ1v) is 14.0. The molecule has 3 aromatic rings. The van der Waals surface area contributed by atoms with Crippen LogP contribution < -0.4 is 21.1 Å². The van der Waals surface area contributed by atoms with Gasteiger partial charge in [-0.1, -0.05) is 12.1 Å². The number of fused-ring (bicyclic) bond motifs is 1. The van der Waals surface area contributed by atoms with Gasteiger partial charge in [-0.3, -0.25) is 0 Å². The molecule has 1 aromatic heterocycles. The van der Waals surface area contributed by atoms with Crippen LogP contribution in [-0.4, -0.2) is 72.8 Å². The number of benzene rings is 2. The molecule has 2 aromatic carbocycles. The van der Waals surface area contributed by atoms with Gasteiger partial charge in [0.25, 0.3) is 0 Å². The molecule has 1 saturated carbocycles. The third-order valence-electron chi connectivity index (χ3n) is 7.77. The highest BCUT2D eigenvalue weighted by Gasteiger charge is 2.27. The number of ether oxygens (including phenoxy) is 1. The summed E-state index contributed by atoms with van der Waals surface area (Å²) in [6, 6.07) is 14.6. The molecule has 2 aliphatic rings. The van der Waals surface area contributed by atoms with E-state index in [2.05, 4.69) is 44.2 Å². The highest BCUT2D eigenvalue weighted by atomic mass is 16.5. The summed E-state index contributed by atoms with van der Waals surface area (Å²) in [4.78, 5) is 17.0. The second-order valence-electron chi connectivity index (χ2n) is 11.1. The number of nitrogens with zero attached hydrogens (tertiary/aromatic N) is 3. The number of urea groups is 1. The Kier molecular flexibility index (Phi) is 8.09. The van der Waals surface area contributed by atoms with Crippen molar-refractivity contribution in [3.63, 3.8) is 0 Å². The molecule has 0 bridgehead atoms. The van der Waals surface area contributed by atoms with Gasteiger partial charge in [-0.15, -0.1) is 0 Å². The van der Waals surface area contributed by atoms with Gasteiger partial charge in [0.05, 0.1) is 23.5 Å². The van der Waals surface area contributed by atoms with Gasteiger partial charge in [0.2, 0.25) is 0 Å². The molecule has 8 heteroatoms. The van der Waals surface area contributed by atoms with E-state index >= 15 is 0 Å². The lowest BCUT2D eigenvalue weighted by Crippen LogP contribution is -2.44. The topological polar surface area (TPSA) is 87.8 Å². The predicted octanol–water partition coefficient (Wildman–Crippen LogP) is 5.16. The number of amides is 2. The SMILES string of the molecule is CC(C)NC(=O)Nc1ccc(-c2c(N)c3ccc(OCCCN4CCN(C)CC4)cc3n2C2CCC2)cc1. The quantitative estimate of drug-likeness (QED) is 0.341. The fourth-order valence-electron chi connectivity index (χ4n) is 5.42. The minimum absolute atomic E-state index is 0.0816. The molecule has 5 rings (SSSR count). The number of nitrogens with one attached hydrogen (secondary N) is 2. The minimum atomic E-state index is -0.202. The summed E-state index contributed by atoms with van der Waals surface area (Å²) in [5.41, 5.74) is 11.6. The Bertz CT molecular complexity index is 1240. The number of carbonyl (C=O) groups is 1. The number of likely N-dealkylation sites (N-methyl/N-ethyl adjacent to an activating group) is 1. The van der Waals surface area contributed by atoms with Crippen molar-refractivity contribution in [3.8, 4) is 17.0 Å². The monoisotopic (exact) mass is 518 g/mol. The Hall–Kier alpha value is -3.23. The molecule has 1 saturated heterocycles. The molecule has 1 aliphatic carbocycles. The summed E-state index contributed by atoms with van der Waals surface area (Å²) >= 11 is 0. The van der Waals surface area contributed by atoms with Crippen LogP contribution in [0.5, 0.6) is 5.75 Å². The first kappa shape index (κ1) is 26.4. The van der Waals surface area contributed by atoms with Crippen molar-refractivity contribution in [2.75, 3.05) is 57.4 Å². The third kappa shape index (κ3) is 5.92. The number of nitrogen functional groups attached to an aromatic ring is 1. The van der Waals surface area contributed by atoms with Crippen LogP contribution in [-0.2, 0) is 0 Å². The Morgan fingerprint density at radius 3 is 2.47 bits per heavy atom. The van der Waals surface area contributed by atoms with Gasteiger partial charge in [-0.2, -0.15) is 0 Å². The fourth-order valence-corrected chi connectivity index (χ4v) is 5.42. The molecule has 2 amide bonds. The average Bonchev–Trinajstić information content (AvgIpc) is 3.13. The van der Waals surface area contributed by atoms with Crippen molar-refractivity contribution in [2.24, 2.45) is 0 Å². The largest absolute Gasteiger partial charge is 0.493 e. The van der Waals surface area contributed by atoms with Crippen molar-refractivity contribution in [2.45, 2.75) is 51.6 Å². The number of aromatic nitrogens is 1. The summed E-state index contributed by atoms with van der Waals surface area (Å²) in [7, 11) is 2.19. The zero-order chi connectivity index (χ0) is 26.6. The summed E-state index contributed by atoms with van der Waals surface area (Å²) in [6.07, 6.45) is 4.57. The van der Waals surface area contributed by atoms with E-state index in [1.807, 2.05) is 44.2 Å². The first-order chi connectivity index (χ1) is 18.4. The number of hydrogen-bond acceptors (Lipinski definition) is 5. The standard InChI is InChI=1S/C30H42N6O2/c1-21(2)32-30(37)33-23-10-8-22(9-11-23)29-28(31)26-13-12-25(20-27(26)36(29)24-6-4-7-24)38-19-5-14-35-17-15-34(3)16-18-35/h8-13,20-21,24H,4-7,14-19,31H2,1-3H3,(H2,32,33,37). The molecule has 8 nitrogen and oxygen atoms in total. The predicted molar refractivity (Wildman–Crippen MR) is 156 cm³/mol. The zero-order valence-corrected chi connectivity index (χ0v) is 23.0. The van der Waals surface area contributed by atoms with Crippen LogP contribution in [0.2, 0.25) is 0 Å². The molecule has 0 spiro atoms. The maximum Gasteiger partial charge on any atom is 0.319 e. The van der Waals surface area contributed by atoms with Crippen LogP contribution >= 0.6 is 0 Å². The van der Waals surface area contributed by atoms with E-state index in [1.54, 1.807) is 0 Å². The molecule has 38 heavy (non-hydrogen) atoms. The molecule has 2 heterocycles. The van der Waals surface area contributed by atoms with Crippen molar-refractivity contribution >= 4 is 28.3 Å². The minimum Gasteiger partial charge on any atom is -0.493 e. The van der Waals surface area contributed by atoms with Crippen LogP contribution in [0.15, 0.2) is 42.5 Å². The Balaban J connectivity index is 1.32. The smallest absolute Gasteiger partial charge is 0.319 e. The third-order valence-corrected chi connectivity index (χ3v) is 7.77. The highest BCUT2D eigenvalue weighted by Crippen LogP contribution is 2.44. The summed E-state index contributed by atoms with van der Waals surface area (Å²) in [6.45, 7) is 10.2. The van der Waals surface area contributed by atoms with E-state index in [0.29, 0.717) is 12.6 Å². The maximum atomic E-state index is 12.1. The second-order valence-corrected chi connectivity index (χ2v) is 11.1.